The number of nitrogens with one attached hydrogen (secondary N) is 1. The van der Waals surface area contributed by atoms with Crippen LogP contribution in [0.5, 0.6) is 0 Å². The zero-order valence-electron chi connectivity index (χ0n) is 22.1. The number of nitrogens with zero attached hydrogens (tertiary/aromatic N) is 2. The predicted octanol–water partition coefficient (Wildman–Crippen LogP) is 2.56. The lowest BCUT2D eigenvalue weighted by atomic mass is 9.95. The van der Waals surface area contributed by atoms with E-state index < -0.39 is 30.1 Å². The molecule has 5 N–H and O–H groups in total. The number of rotatable bonds is 15. The molecule has 2 rings (SSSR count). The number of terminal acetylenes is 1. The maximum absolute atomic E-state index is 13.4. The fourth-order valence-electron chi connectivity index (χ4n) is 4.20. The molecule has 0 aliphatic heterocycles. The predicted molar refractivity (Wildman–Crippen MR) is 147 cm³/mol. The SMILES string of the molecule is C#CCCCC(O)C(O)C(Cc1ccncc1)NC(=O)c1cc(C(N)=O)cc(C(=O)N(CCC)CCC)c1.[HH]. The molecule has 9 nitrogen and oxygen atoms in total. The number of carbonyl (C=O) groups is 3. The van der Waals surface area contributed by atoms with Gasteiger partial charge in [-0.3, -0.25) is 19.4 Å². The zero-order chi connectivity index (χ0) is 28.1. The van der Waals surface area contributed by atoms with Gasteiger partial charge in [-0.05, 0) is 68.0 Å². The van der Waals surface area contributed by atoms with Gasteiger partial charge < -0.3 is 26.2 Å². The van der Waals surface area contributed by atoms with E-state index in [-0.39, 0.29) is 36.9 Å². The molecule has 38 heavy (non-hydrogen) atoms. The summed E-state index contributed by atoms with van der Waals surface area (Å²) in [7, 11) is 0. The number of carbonyl (C=O) groups excluding carboxylic acids is 3. The standard InChI is InChI=1S/C29H38N4O5.H2/c1-4-7-8-9-25(34)26(35)24(16-20-10-12-31-13-11-20)32-28(37)22-17-21(27(30)36)18-23(19-22)29(38)33(14-5-2)15-6-3;/h1,10-13,17-19,24-26,34-35H,5-9,14-16H2,2-3H3,(H2,30,36)(H,32,37);1H. The molecule has 2 aromatic rings. The highest BCUT2D eigenvalue weighted by molar-refractivity contribution is 6.04. The van der Waals surface area contributed by atoms with Gasteiger partial charge >= 0.3 is 0 Å². The van der Waals surface area contributed by atoms with Crippen LogP contribution in [0.3, 0.4) is 0 Å². The number of nitrogens with two attached hydrogens (primary N) is 1. The van der Waals surface area contributed by atoms with Crippen LogP contribution in [0.25, 0.3) is 0 Å². The molecule has 0 saturated heterocycles. The molecule has 3 unspecified atom stereocenters. The van der Waals surface area contributed by atoms with Crippen molar-refractivity contribution in [3.8, 4) is 12.3 Å². The monoisotopic (exact) mass is 524 g/mol. The normalized spacial score (nSPS) is 13.1. The second-order valence-electron chi connectivity index (χ2n) is 9.25. The molecule has 206 valence electrons. The molecule has 0 aliphatic rings. The van der Waals surface area contributed by atoms with Crippen LogP contribution in [-0.4, -0.2) is 69.2 Å². The van der Waals surface area contributed by atoms with Crippen molar-refractivity contribution in [3.63, 3.8) is 0 Å². The molecule has 0 saturated carbocycles. The summed E-state index contributed by atoms with van der Waals surface area (Å²) in [5.41, 5.74) is 6.54. The number of aromatic nitrogens is 1. The summed E-state index contributed by atoms with van der Waals surface area (Å²) in [5, 5.41) is 24.3. The van der Waals surface area contributed by atoms with E-state index in [0.29, 0.717) is 25.9 Å². The highest BCUT2D eigenvalue weighted by atomic mass is 16.3. The molecule has 0 fully saturated rings. The molecule has 0 aliphatic carbocycles. The number of unbranched alkanes of at least 4 members (excludes halogenated alkanes) is 1. The number of aliphatic hydroxyl groups excluding tert-OH is 2. The minimum atomic E-state index is -1.30. The lowest BCUT2D eigenvalue weighted by Gasteiger charge is -2.28. The fourth-order valence-corrected chi connectivity index (χ4v) is 4.20. The highest BCUT2D eigenvalue weighted by Crippen LogP contribution is 2.17. The first kappa shape index (κ1) is 30.5. The van der Waals surface area contributed by atoms with Crippen molar-refractivity contribution in [3.05, 3.63) is 65.0 Å². The van der Waals surface area contributed by atoms with Crippen molar-refractivity contribution < 1.29 is 26.0 Å². The van der Waals surface area contributed by atoms with Gasteiger partial charge in [-0.15, -0.1) is 12.3 Å². The van der Waals surface area contributed by atoms with Crippen LogP contribution in [-0.2, 0) is 6.42 Å². The first-order valence-electron chi connectivity index (χ1n) is 12.9. The zero-order valence-corrected chi connectivity index (χ0v) is 22.1. The highest BCUT2D eigenvalue weighted by Gasteiger charge is 2.29. The quantitative estimate of drug-likeness (QED) is 0.208. The number of benzene rings is 1. The molecular formula is C29H40N4O5. The van der Waals surface area contributed by atoms with Gasteiger partial charge in [0.2, 0.25) is 5.91 Å². The number of primary amides is 1. The Morgan fingerprint density at radius 3 is 2.26 bits per heavy atom. The van der Waals surface area contributed by atoms with E-state index in [0.717, 1.165) is 18.4 Å². The van der Waals surface area contributed by atoms with Crippen LogP contribution in [0.4, 0.5) is 0 Å². The van der Waals surface area contributed by atoms with Gasteiger partial charge in [-0.1, -0.05) is 13.8 Å². The Hall–Kier alpha value is -3.74. The van der Waals surface area contributed by atoms with Crippen LogP contribution in [0, 0.1) is 12.3 Å². The summed E-state index contributed by atoms with van der Waals surface area (Å²) in [4.78, 5) is 44.3. The number of pyridine rings is 1. The van der Waals surface area contributed by atoms with E-state index in [1.807, 2.05) is 13.8 Å². The van der Waals surface area contributed by atoms with Gasteiger partial charge in [0, 0.05) is 50.0 Å². The second-order valence-corrected chi connectivity index (χ2v) is 9.25. The van der Waals surface area contributed by atoms with Gasteiger partial charge in [-0.2, -0.15) is 0 Å². The van der Waals surface area contributed by atoms with E-state index >= 15 is 0 Å². The Labute approximate surface area is 225 Å². The van der Waals surface area contributed by atoms with Crippen molar-refractivity contribution in [1.82, 2.24) is 15.2 Å². The first-order chi connectivity index (χ1) is 18.2. The van der Waals surface area contributed by atoms with Crippen LogP contribution in [0.1, 0.15) is 84.0 Å². The van der Waals surface area contributed by atoms with Crippen molar-refractivity contribution in [2.24, 2.45) is 5.73 Å². The summed E-state index contributed by atoms with van der Waals surface area (Å²) >= 11 is 0. The number of hydrogen-bond donors (Lipinski definition) is 4. The first-order valence-corrected chi connectivity index (χ1v) is 12.9. The summed E-state index contributed by atoms with van der Waals surface area (Å²) < 4.78 is 0. The molecule has 3 atom stereocenters. The molecule has 1 heterocycles. The largest absolute Gasteiger partial charge is 0.390 e. The van der Waals surface area contributed by atoms with Crippen LogP contribution >= 0.6 is 0 Å². The Balaban J connectivity index is 0.00000760. The topological polar surface area (TPSA) is 146 Å². The minimum absolute atomic E-state index is 0. The van der Waals surface area contributed by atoms with E-state index in [9.17, 15) is 24.6 Å². The number of amides is 3. The number of hydrogen-bond acceptors (Lipinski definition) is 6. The van der Waals surface area contributed by atoms with Gasteiger partial charge in [0.15, 0.2) is 0 Å². The third kappa shape index (κ3) is 8.98. The lowest BCUT2D eigenvalue weighted by molar-refractivity contribution is -0.00787. The van der Waals surface area contributed by atoms with Crippen LogP contribution in [0.2, 0.25) is 0 Å². The summed E-state index contributed by atoms with van der Waals surface area (Å²) in [6.45, 7) is 4.99. The van der Waals surface area contributed by atoms with Crippen LogP contribution < -0.4 is 11.1 Å². The van der Waals surface area contributed by atoms with Crippen LogP contribution in [0.15, 0.2) is 42.7 Å². The third-order valence-electron chi connectivity index (χ3n) is 6.15. The average Bonchev–Trinajstić information content (AvgIpc) is 2.92. The van der Waals surface area contributed by atoms with E-state index in [1.54, 1.807) is 29.4 Å². The lowest BCUT2D eigenvalue weighted by Crippen LogP contribution is -2.50. The average molecular weight is 525 g/mol. The van der Waals surface area contributed by atoms with E-state index in [4.69, 9.17) is 12.2 Å². The Morgan fingerprint density at radius 2 is 1.68 bits per heavy atom. The summed E-state index contributed by atoms with van der Waals surface area (Å²) in [6.07, 6.45) is 9.01. The molecular weight excluding hydrogens is 484 g/mol. The Kier molecular flexibility index (Phi) is 12.4. The maximum atomic E-state index is 13.4. The molecule has 1 aromatic carbocycles. The number of aliphatic hydroxyl groups is 2. The summed E-state index contributed by atoms with van der Waals surface area (Å²) in [6, 6.07) is 6.74. The summed E-state index contributed by atoms with van der Waals surface area (Å²) in [5.74, 6) is 0.805. The van der Waals surface area contributed by atoms with Gasteiger partial charge in [0.05, 0.1) is 12.1 Å². The molecule has 0 bridgehead atoms. The van der Waals surface area contributed by atoms with Gasteiger partial charge in [0.1, 0.15) is 6.10 Å². The van der Waals surface area contributed by atoms with Gasteiger partial charge in [0.25, 0.3) is 11.8 Å². The minimum Gasteiger partial charge on any atom is -0.390 e. The molecule has 0 radical (unpaired) electrons. The van der Waals surface area contributed by atoms with E-state index in [2.05, 4.69) is 16.2 Å². The maximum Gasteiger partial charge on any atom is 0.253 e. The second kappa shape index (κ2) is 15.5. The Bertz CT molecular complexity index is 1120. The molecule has 0 spiro atoms. The third-order valence-corrected chi connectivity index (χ3v) is 6.15. The van der Waals surface area contributed by atoms with Gasteiger partial charge in [-0.25, -0.2) is 0 Å². The fraction of sp³-hybridized carbons (Fsp3) is 0.448. The molecule has 3 amide bonds. The van der Waals surface area contributed by atoms with Crippen molar-refractivity contribution in [2.75, 3.05) is 13.1 Å². The van der Waals surface area contributed by atoms with Crippen molar-refractivity contribution in [2.45, 2.75) is 70.6 Å². The van der Waals surface area contributed by atoms with Crippen molar-refractivity contribution in [1.29, 1.82) is 0 Å². The molecule has 9 heteroatoms. The Morgan fingerprint density at radius 1 is 1.08 bits per heavy atom. The van der Waals surface area contributed by atoms with E-state index in [1.165, 1.54) is 18.2 Å². The van der Waals surface area contributed by atoms with Crippen molar-refractivity contribution >= 4 is 17.7 Å². The molecule has 1 aromatic heterocycles. The smallest absolute Gasteiger partial charge is 0.253 e.